The molecule has 0 radical (unpaired) electrons. The molecule has 0 spiro atoms. The van der Waals surface area contributed by atoms with E-state index in [4.69, 9.17) is 4.74 Å². The van der Waals surface area contributed by atoms with Gasteiger partial charge >= 0.3 is 5.97 Å². The van der Waals surface area contributed by atoms with E-state index in [1.807, 2.05) is 24.3 Å². The number of rotatable bonds is 3. The largest absolute Gasteiger partial charge is 0.462 e. The molecule has 0 saturated heterocycles. The molecule has 3 heteroatoms. The highest BCUT2D eigenvalue weighted by molar-refractivity contribution is 14.1. The molecule has 0 aliphatic heterocycles. The molecule has 1 aromatic carbocycles. The third-order valence-electron chi connectivity index (χ3n) is 1.88. The maximum absolute atomic E-state index is 11.3. The average molecular weight is 304 g/mol. The molecule has 0 amide bonds. The van der Waals surface area contributed by atoms with Gasteiger partial charge in [0.05, 0.1) is 12.2 Å². The Hall–Kier alpha value is -0.580. The SMILES string of the molecule is CCOC(=O)c1ccc(C(C)I)cc1. The van der Waals surface area contributed by atoms with Gasteiger partial charge in [-0.15, -0.1) is 0 Å². The predicted molar refractivity (Wildman–Crippen MR) is 64.8 cm³/mol. The predicted octanol–water partition coefficient (Wildman–Crippen LogP) is 3.36. The van der Waals surface area contributed by atoms with E-state index < -0.39 is 0 Å². The lowest BCUT2D eigenvalue weighted by Gasteiger charge is -2.05. The van der Waals surface area contributed by atoms with E-state index >= 15 is 0 Å². The third-order valence-corrected chi connectivity index (χ3v) is 2.60. The Morgan fingerprint density at radius 1 is 1.43 bits per heavy atom. The van der Waals surface area contributed by atoms with Crippen LogP contribution in [0.2, 0.25) is 0 Å². The van der Waals surface area contributed by atoms with Crippen molar-refractivity contribution in [1.29, 1.82) is 0 Å². The first kappa shape index (κ1) is 11.5. The van der Waals surface area contributed by atoms with Gasteiger partial charge in [0.15, 0.2) is 0 Å². The van der Waals surface area contributed by atoms with Crippen LogP contribution in [0.4, 0.5) is 0 Å². The topological polar surface area (TPSA) is 26.3 Å². The van der Waals surface area contributed by atoms with Crippen LogP contribution in [0.1, 0.15) is 33.7 Å². The lowest BCUT2D eigenvalue weighted by Crippen LogP contribution is -2.04. The monoisotopic (exact) mass is 304 g/mol. The maximum Gasteiger partial charge on any atom is 0.338 e. The number of halogens is 1. The van der Waals surface area contributed by atoms with Crippen LogP contribution >= 0.6 is 22.6 Å². The number of esters is 1. The van der Waals surface area contributed by atoms with Crippen molar-refractivity contribution in [3.05, 3.63) is 35.4 Å². The van der Waals surface area contributed by atoms with Crippen LogP contribution < -0.4 is 0 Å². The first-order valence-corrected chi connectivity index (χ1v) is 5.81. The first-order chi connectivity index (χ1) is 6.65. The number of alkyl halides is 1. The molecule has 0 aliphatic rings. The minimum atomic E-state index is -0.250. The van der Waals surface area contributed by atoms with Gasteiger partial charge < -0.3 is 4.74 Å². The zero-order valence-corrected chi connectivity index (χ0v) is 10.4. The van der Waals surface area contributed by atoms with Gasteiger partial charge in [-0.2, -0.15) is 0 Å². The smallest absolute Gasteiger partial charge is 0.338 e. The molecule has 2 nitrogen and oxygen atoms in total. The number of hydrogen-bond donors (Lipinski definition) is 0. The van der Waals surface area contributed by atoms with Gasteiger partial charge in [0, 0.05) is 3.92 Å². The zero-order chi connectivity index (χ0) is 10.6. The van der Waals surface area contributed by atoms with Crippen molar-refractivity contribution in [3.8, 4) is 0 Å². The van der Waals surface area contributed by atoms with Crippen LogP contribution in [0.3, 0.4) is 0 Å². The fourth-order valence-electron chi connectivity index (χ4n) is 1.10. The Balaban J connectivity index is 2.78. The quantitative estimate of drug-likeness (QED) is 0.486. The first-order valence-electron chi connectivity index (χ1n) is 4.56. The van der Waals surface area contributed by atoms with Crippen LogP contribution in [0.15, 0.2) is 24.3 Å². The van der Waals surface area contributed by atoms with Gasteiger partial charge in [-0.3, -0.25) is 0 Å². The van der Waals surface area contributed by atoms with E-state index in [9.17, 15) is 4.79 Å². The van der Waals surface area contributed by atoms with Crippen LogP contribution in [-0.2, 0) is 4.74 Å². The summed E-state index contributed by atoms with van der Waals surface area (Å²) in [6.07, 6.45) is 0. The second-order valence-electron chi connectivity index (χ2n) is 2.96. The summed E-state index contributed by atoms with van der Waals surface area (Å²) in [4.78, 5) is 11.3. The lowest BCUT2D eigenvalue weighted by molar-refractivity contribution is 0.0526. The Morgan fingerprint density at radius 2 is 2.00 bits per heavy atom. The molecule has 0 aliphatic carbocycles. The Bertz CT molecular complexity index is 304. The molecule has 0 N–H and O–H groups in total. The number of carbonyl (C=O) groups excluding carboxylic acids is 1. The van der Waals surface area contributed by atoms with Crippen molar-refractivity contribution < 1.29 is 9.53 Å². The third kappa shape index (κ3) is 2.97. The van der Waals surface area contributed by atoms with Gasteiger partial charge in [0.2, 0.25) is 0 Å². The van der Waals surface area contributed by atoms with Gasteiger partial charge in [-0.1, -0.05) is 34.7 Å². The molecular formula is C11H13IO2. The summed E-state index contributed by atoms with van der Waals surface area (Å²) in [5, 5.41) is 0. The standard InChI is InChI=1S/C11H13IO2/c1-3-14-11(13)10-6-4-9(5-7-10)8(2)12/h4-8H,3H2,1-2H3. The van der Waals surface area contributed by atoms with Crippen molar-refractivity contribution in [2.45, 2.75) is 17.8 Å². The van der Waals surface area contributed by atoms with Crippen molar-refractivity contribution in [1.82, 2.24) is 0 Å². The summed E-state index contributed by atoms with van der Waals surface area (Å²) in [5.41, 5.74) is 1.84. The van der Waals surface area contributed by atoms with Crippen LogP contribution in [-0.4, -0.2) is 12.6 Å². The van der Waals surface area contributed by atoms with Crippen LogP contribution in [0.25, 0.3) is 0 Å². The molecular weight excluding hydrogens is 291 g/mol. The van der Waals surface area contributed by atoms with E-state index in [0.717, 1.165) is 0 Å². The summed E-state index contributed by atoms with van der Waals surface area (Å²) in [6.45, 7) is 4.34. The van der Waals surface area contributed by atoms with Gasteiger partial charge in [-0.05, 0) is 31.5 Å². The highest BCUT2D eigenvalue weighted by Crippen LogP contribution is 2.22. The Labute approximate surface area is 97.8 Å². The average Bonchev–Trinajstić information content (AvgIpc) is 2.18. The number of hydrogen-bond acceptors (Lipinski definition) is 2. The number of carbonyl (C=O) groups is 1. The van der Waals surface area contributed by atoms with Gasteiger partial charge in [0.1, 0.15) is 0 Å². The Morgan fingerprint density at radius 3 is 2.43 bits per heavy atom. The second kappa shape index (κ2) is 5.34. The van der Waals surface area contributed by atoms with E-state index in [1.54, 1.807) is 6.92 Å². The van der Waals surface area contributed by atoms with Gasteiger partial charge in [-0.25, -0.2) is 4.79 Å². The summed E-state index contributed by atoms with van der Waals surface area (Å²) in [7, 11) is 0. The number of benzene rings is 1. The van der Waals surface area contributed by atoms with Crippen molar-refractivity contribution in [3.63, 3.8) is 0 Å². The molecule has 76 valence electrons. The van der Waals surface area contributed by atoms with Crippen LogP contribution in [0, 0.1) is 0 Å². The summed E-state index contributed by atoms with van der Waals surface area (Å²) >= 11 is 2.34. The van der Waals surface area contributed by atoms with E-state index in [0.29, 0.717) is 16.1 Å². The number of ether oxygens (including phenoxy) is 1. The zero-order valence-electron chi connectivity index (χ0n) is 8.29. The molecule has 1 unspecified atom stereocenters. The molecule has 0 fully saturated rings. The van der Waals surface area contributed by atoms with E-state index in [2.05, 4.69) is 29.5 Å². The summed E-state index contributed by atoms with van der Waals surface area (Å²) in [5.74, 6) is -0.250. The molecule has 0 saturated carbocycles. The van der Waals surface area contributed by atoms with E-state index in [1.165, 1.54) is 5.56 Å². The minimum Gasteiger partial charge on any atom is -0.462 e. The highest BCUT2D eigenvalue weighted by atomic mass is 127. The summed E-state index contributed by atoms with van der Waals surface area (Å²) in [6, 6.07) is 7.54. The van der Waals surface area contributed by atoms with Crippen molar-refractivity contribution in [2.24, 2.45) is 0 Å². The molecule has 0 aromatic heterocycles. The summed E-state index contributed by atoms with van der Waals surface area (Å²) < 4.78 is 5.35. The normalized spacial score (nSPS) is 12.2. The van der Waals surface area contributed by atoms with E-state index in [-0.39, 0.29) is 5.97 Å². The molecule has 0 heterocycles. The Kier molecular flexibility index (Phi) is 4.38. The fraction of sp³-hybridized carbons (Fsp3) is 0.364. The fourth-order valence-corrected chi connectivity index (χ4v) is 1.51. The van der Waals surface area contributed by atoms with Crippen molar-refractivity contribution in [2.75, 3.05) is 6.61 Å². The second-order valence-corrected chi connectivity index (χ2v) is 4.83. The van der Waals surface area contributed by atoms with Crippen LogP contribution in [0.5, 0.6) is 0 Å². The maximum atomic E-state index is 11.3. The molecule has 1 rings (SSSR count). The van der Waals surface area contributed by atoms with Gasteiger partial charge in [0.25, 0.3) is 0 Å². The highest BCUT2D eigenvalue weighted by Gasteiger charge is 2.06. The molecule has 1 aromatic rings. The molecule has 0 bridgehead atoms. The molecule has 1 atom stereocenters. The molecule has 14 heavy (non-hydrogen) atoms. The van der Waals surface area contributed by atoms with Crippen molar-refractivity contribution >= 4 is 28.6 Å². The lowest BCUT2D eigenvalue weighted by atomic mass is 10.1. The minimum absolute atomic E-state index is 0.250.